The molecule has 56 heavy (non-hydrogen) atoms. The van der Waals surface area contributed by atoms with Crippen LogP contribution in [0.1, 0.15) is 284 Å². The van der Waals surface area contributed by atoms with Crippen molar-refractivity contribution in [1.82, 2.24) is 0 Å². The first kappa shape index (κ1) is 54.4. The second-order valence-corrected chi connectivity index (χ2v) is 17.1. The summed E-state index contributed by atoms with van der Waals surface area (Å²) >= 11 is 0. The summed E-state index contributed by atoms with van der Waals surface area (Å²) in [5.74, 6) is -0.845. The van der Waals surface area contributed by atoms with E-state index in [2.05, 4.69) is 20.8 Å². The number of hydrogen-bond acceptors (Lipinski definition) is 6. The van der Waals surface area contributed by atoms with Crippen molar-refractivity contribution in [1.29, 1.82) is 0 Å². The molecule has 0 heterocycles. The van der Waals surface area contributed by atoms with E-state index in [0.717, 1.165) is 57.8 Å². The molecule has 0 N–H and O–H groups in total. The highest BCUT2D eigenvalue weighted by atomic mass is 16.6. The summed E-state index contributed by atoms with van der Waals surface area (Å²) in [7, 11) is 0. The van der Waals surface area contributed by atoms with Gasteiger partial charge in [-0.05, 0) is 19.3 Å². The molecule has 332 valence electrons. The van der Waals surface area contributed by atoms with E-state index in [1.165, 1.54) is 186 Å². The Kier molecular flexibility index (Phi) is 44.8. The minimum absolute atomic E-state index is 0.0621. The molecule has 0 aromatic carbocycles. The average molecular weight is 793 g/mol. The van der Waals surface area contributed by atoms with Gasteiger partial charge >= 0.3 is 17.9 Å². The summed E-state index contributed by atoms with van der Waals surface area (Å²) in [6.07, 6.45) is 47.9. The monoisotopic (exact) mass is 793 g/mol. The molecule has 0 aliphatic rings. The van der Waals surface area contributed by atoms with Gasteiger partial charge in [0.25, 0.3) is 0 Å². The molecule has 0 spiro atoms. The molecule has 0 saturated carbocycles. The number of unbranched alkanes of at least 4 members (excludes halogenated alkanes) is 35. The molecule has 0 radical (unpaired) electrons. The Morgan fingerprint density at radius 1 is 0.286 bits per heavy atom. The van der Waals surface area contributed by atoms with Crippen molar-refractivity contribution in [2.75, 3.05) is 13.2 Å². The van der Waals surface area contributed by atoms with E-state index in [0.29, 0.717) is 19.3 Å². The highest BCUT2D eigenvalue weighted by molar-refractivity contribution is 5.71. The largest absolute Gasteiger partial charge is 0.462 e. The maximum Gasteiger partial charge on any atom is 0.306 e. The van der Waals surface area contributed by atoms with Gasteiger partial charge in [-0.3, -0.25) is 14.4 Å². The van der Waals surface area contributed by atoms with Gasteiger partial charge in [-0.25, -0.2) is 0 Å². The highest BCUT2D eigenvalue weighted by Gasteiger charge is 2.19. The van der Waals surface area contributed by atoms with Crippen LogP contribution in [0.25, 0.3) is 0 Å². The Hall–Kier alpha value is -1.59. The van der Waals surface area contributed by atoms with Gasteiger partial charge in [0.15, 0.2) is 6.10 Å². The fourth-order valence-electron chi connectivity index (χ4n) is 7.56. The predicted octanol–water partition coefficient (Wildman–Crippen LogP) is 16.0. The topological polar surface area (TPSA) is 78.9 Å². The van der Waals surface area contributed by atoms with E-state index in [1.54, 1.807) is 0 Å². The minimum atomic E-state index is -0.758. The molecule has 6 nitrogen and oxygen atoms in total. The van der Waals surface area contributed by atoms with Crippen molar-refractivity contribution in [2.24, 2.45) is 0 Å². The molecule has 0 unspecified atom stereocenters. The van der Waals surface area contributed by atoms with E-state index in [4.69, 9.17) is 14.2 Å². The fourth-order valence-corrected chi connectivity index (χ4v) is 7.56. The van der Waals surface area contributed by atoms with Gasteiger partial charge in [-0.15, -0.1) is 0 Å². The molecule has 0 fully saturated rings. The Morgan fingerprint density at radius 2 is 0.482 bits per heavy atom. The third kappa shape index (κ3) is 43.5. The van der Waals surface area contributed by atoms with Crippen molar-refractivity contribution >= 4 is 17.9 Å². The van der Waals surface area contributed by atoms with Crippen LogP contribution >= 0.6 is 0 Å². The summed E-state index contributed by atoms with van der Waals surface area (Å²) in [4.78, 5) is 37.8. The first-order valence-corrected chi connectivity index (χ1v) is 25.0. The maximum absolute atomic E-state index is 12.8. The molecule has 6 heteroatoms. The van der Waals surface area contributed by atoms with Crippen LogP contribution in [0.4, 0.5) is 0 Å². The Bertz CT molecular complexity index is 828. The molecule has 0 aliphatic heterocycles. The van der Waals surface area contributed by atoms with Gasteiger partial charge in [0.1, 0.15) is 13.2 Å². The standard InChI is InChI=1S/C50H96O6/c1-4-7-10-13-16-19-22-24-25-27-29-32-35-38-41-44-50(53)56-47(45-54-48(51)42-39-36-33-30-21-18-15-12-9-6-3)46-55-49(52)43-40-37-34-31-28-26-23-20-17-14-11-8-5-2/h47H,4-46H2,1-3H3/t47-/m1/s1. The normalized spacial score (nSPS) is 11.8. The summed E-state index contributed by atoms with van der Waals surface area (Å²) in [5, 5.41) is 0. The maximum atomic E-state index is 12.8. The van der Waals surface area contributed by atoms with Crippen molar-refractivity contribution in [3.63, 3.8) is 0 Å². The summed E-state index contributed by atoms with van der Waals surface area (Å²) in [5.41, 5.74) is 0. The van der Waals surface area contributed by atoms with Crippen LogP contribution in [0, 0.1) is 0 Å². The first-order valence-electron chi connectivity index (χ1n) is 25.0. The van der Waals surface area contributed by atoms with E-state index in [1.807, 2.05) is 0 Å². The number of esters is 3. The minimum Gasteiger partial charge on any atom is -0.462 e. The van der Waals surface area contributed by atoms with Crippen LogP contribution in [0.15, 0.2) is 0 Å². The van der Waals surface area contributed by atoms with Crippen molar-refractivity contribution in [2.45, 2.75) is 290 Å². The number of rotatable bonds is 46. The first-order chi connectivity index (χ1) is 27.5. The lowest BCUT2D eigenvalue weighted by Crippen LogP contribution is -2.30. The molecular weight excluding hydrogens is 697 g/mol. The third-order valence-corrected chi connectivity index (χ3v) is 11.4. The average Bonchev–Trinajstić information content (AvgIpc) is 3.19. The molecule has 1 atom stereocenters. The van der Waals surface area contributed by atoms with E-state index in [-0.39, 0.29) is 31.1 Å². The zero-order valence-corrected chi connectivity index (χ0v) is 37.9. The van der Waals surface area contributed by atoms with Crippen LogP contribution in [0.2, 0.25) is 0 Å². The molecule has 0 aromatic heterocycles. The SMILES string of the molecule is CCCCCCCCCCCCCCCCCC(=O)O[C@H](COC(=O)CCCCCCCCCCCC)COC(=O)CCCCCCCCCCCCCCC. The van der Waals surface area contributed by atoms with Crippen LogP contribution in [0.5, 0.6) is 0 Å². The number of hydrogen-bond donors (Lipinski definition) is 0. The van der Waals surface area contributed by atoms with Crippen molar-refractivity contribution in [3.05, 3.63) is 0 Å². The summed E-state index contributed by atoms with van der Waals surface area (Å²) < 4.78 is 16.8. The summed E-state index contributed by atoms with van der Waals surface area (Å²) in [6, 6.07) is 0. The second-order valence-electron chi connectivity index (χ2n) is 17.1. The lowest BCUT2D eigenvalue weighted by atomic mass is 10.0. The van der Waals surface area contributed by atoms with Crippen molar-refractivity contribution in [3.8, 4) is 0 Å². The predicted molar refractivity (Wildman–Crippen MR) is 238 cm³/mol. The van der Waals surface area contributed by atoms with Gasteiger partial charge in [-0.2, -0.15) is 0 Å². The van der Waals surface area contributed by atoms with Gasteiger partial charge in [0.2, 0.25) is 0 Å². The Labute approximate surface area is 348 Å². The fraction of sp³-hybridized carbons (Fsp3) is 0.940. The molecule has 0 aromatic rings. The Morgan fingerprint density at radius 3 is 0.714 bits per heavy atom. The van der Waals surface area contributed by atoms with Crippen LogP contribution in [0.3, 0.4) is 0 Å². The lowest BCUT2D eigenvalue weighted by molar-refractivity contribution is -0.167. The van der Waals surface area contributed by atoms with E-state index >= 15 is 0 Å². The quantitative estimate of drug-likeness (QED) is 0.0347. The van der Waals surface area contributed by atoms with Crippen molar-refractivity contribution < 1.29 is 28.6 Å². The number of carbonyl (C=O) groups excluding carboxylic acids is 3. The van der Waals surface area contributed by atoms with E-state index in [9.17, 15) is 14.4 Å². The van der Waals surface area contributed by atoms with Crippen LogP contribution in [-0.4, -0.2) is 37.2 Å². The van der Waals surface area contributed by atoms with Gasteiger partial charge < -0.3 is 14.2 Å². The highest BCUT2D eigenvalue weighted by Crippen LogP contribution is 2.16. The number of carbonyl (C=O) groups is 3. The molecule has 0 rings (SSSR count). The van der Waals surface area contributed by atoms with Gasteiger partial charge in [-0.1, -0.05) is 245 Å². The van der Waals surface area contributed by atoms with Gasteiger partial charge in [0, 0.05) is 19.3 Å². The van der Waals surface area contributed by atoms with E-state index < -0.39 is 6.10 Å². The third-order valence-electron chi connectivity index (χ3n) is 11.4. The zero-order chi connectivity index (χ0) is 40.8. The van der Waals surface area contributed by atoms with Crippen LogP contribution < -0.4 is 0 Å². The molecular formula is C50H96O6. The number of ether oxygens (including phenoxy) is 3. The second kappa shape index (κ2) is 46.1. The molecule has 0 aliphatic carbocycles. The summed E-state index contributed by atoms with van der Waals surface area (Å²) in [6.45, 7) is 6.66. The molecule has 0 bridgehead atoms. The van der Waals surface area contributed by atoms with Gasteiger partial charge in [0.05, 0.1) is 0 Å². The molecule has 0 saturated heterocycles. The lowest BCUT2D eigenvalue weighted by Gasteiger charge is -2.18. The molecule has 0 amide bonds. The van der Waals surface area contributed by atoms with Crippen LogP contribution in [-0.2, 0) is 28.6 Å². The smallest absolute Gasteiger partial charge is 0.306 e. The zero-order valence-electron chi connectivity index (χ0n) is 37.9. The Balaban J connectivity index is 4.29.